The first-order valence-corrected chi connectivity index (χ1v) is 9.31. The first kappa shape index (κ1) is 16.2. The van der Waals surface area contributed by atoms with Crippen LogP contribution < -0.4 is 4.90 Å². The van der Waals surface area contributed by atoms with Crippen molar-refractivity contribution in [3.8, 4) is 11.4 Å². The van der Waals surface area contributed by atoms with Crippen molar-refractivity contribution < 1.29 is 9.90 Å². The molecule has 27 heavy (non-hydrogen) atoms. The highest BCUT2D eigenvalue weighted by Crippen LogP contribution is 2.52. The van der Waals surface area contributed by atoms with E-state index >= 15 is 0 Å². The molecule has 1 aromatic carbocycles. The Kier molecular flexibility index (Phi) is 3.60. The predicted molar refractivity (Wildman–Crippen MR) is 102 cm³/mol. The van der Waals surface area contributed by atoms with Crippen LogP contribution in [0.15, 0.2) is 48.8 Å². The summed E-state index contributed by atoms with van der Waals surface area (Å²) >= 11 is 0. The Morgan fingerprint density at radius 2 is 1.89 bits per heavy atom. The summed E-state index contributed by atoms with van der Waals surface area (Å²) in [5, 5.41) is 10.7. The van der Waals surface area contributed by atoms with Crippen LogP contribution in [0.4, 0.5) is 5.82 Å². The number of aliphatic carboxylic acids is 1. The smallest absolute Gasteiger partial charge is 0.308 e. The van der Waals surface area contributed by atoms with Gasteiger partial charge < -0.3 is 10.0 Å². The number of aromatic nitrogens is 3. The summed E-state index contributed by atoms with van der Waals surface area (Å²) in [5.41, 5.74) is 1.68. The van der Waals surface area contributed by atoms with E-state index in [9.17, 15) is 9.90 Å². The summed E-state index contributed by atoms with van der Waals surface area (Å²) in [4.78, 5) is 27.7. The topological polar surface area (TPSA) is 79.2 Å². The molecule has 1 saturated carbocycles. The lowest BCUT2D eigenvalue weighted by Gasteiger charge is -2.41. The van der Waals surface area contributed by atoms with Crippen molar-refractivity contribution in [2.45, 2.75) is 19.3 Å². The highest BCUT2D eigenvalue weighted by molar-refractivity contribution is 5.91. The standard InChI is InChI=1S/C21H20N4O2/c26-20(27)16-12-25(13-21(16)8-3-9-21)19-15-4-1-2-5-17(15)23-18(24-19)14-6-10-22-11-7-14/h1-2,4-7,10-11,16H,3,8-9,12-13H2,(H,26,27). The molecule has 1 aliphatic heterocycles. The highest BCUT2D eigenvalue weighted by atomic mass is 16.4. The minimum absolute atomic E-state index is 0.102. The molecule has 6 heteroatoms. The quantitative estimate of drug-likeness (QED) is 0.771. The van der Waals surface area contributed by atoms with Gasteiger partial charge in [0.25, 0.3) is 0 Å². The number of carbonyl (C=O) groups is 1. The summed E-state index contributed by atoms with van der Waals surface area (Å²) in [5.74, 6) is 0.462. The summed E-state index contributed by atoms with van der Waals surface area (Å²) in [6.07, 6.45) is 6.55. The lowest BCUT2D eigenvalue weighted by Crippen LogP contribution is -2.40. The first-order valence-electron chi connectivity index (χ1n) is 9.31. The third kappa shape index (κ3) is 2.55. The Bertz CT molecular complexity index is 1020. The van der Waals surface area contributed by atoms with Gasteiger partial charge in [-0.05, 0) is 37.1 Å². The predicted octanol–water partition coefficient (Wildman–Crippen LogP) is 3.38. The van der Waals surface area contributed by atoms with E-state index in [1.165, 1.54) is 0 Å². The molecule has 1 saturated heterocycles. The fourth-order valence-electron chi connectivity index (χ4n) is 4.54. The Labute approximate surface area is 156 Å². The molecule has 1 spiro atoms. The number of rotatable bonds is 3. The molecule has 1 atom stereocenters. The second kappa shape index (κ2) is 6.01. The van der Waals surface area contributed by atoms with E-state index in [0.717, 1.165) is 48.1 Å². The maximum absolute atomic E-state index is 11.9. The molecule has 6 nitrogen and oxygen atoms in total. The van der Waals surface area contributed by atoms with Crippen LogP contribution in [0.1, 0.15) is 19.3 Å². The van der Waals surface area contributed by atoms with Crippen molar-refractivity contribution in [3.05, 3.63) is 48.8 Å². The van der Waals surface area contributed by atoms with Crippen molar-refractivity contribution in [1.29, 1.82) is 0 Å². The SMILES string of the molecule is O=C(O)C1CN(c2nc(-c3ccncc3)nc3ccccc23)CC12CCC2. The average molecular weight is 360 g/mol. The molecule has 1 aliphatic carbocycles. The zero-order chi connectivity index (χ0) is 18.4. The largest absolute Gasteiger partial charge is 0.481 e. The molecule has 2 aliphatic rings. The van der Waals surface area contributed by atoms with Gasteiger partial charge in [0.05, 0.1) is 11.4 Å². The summed E-state index contributed by atoms with van der Waals surface area (Å²) in [6, 6.07) is 11.7. The van der Waals surface area contributed by atoms with Crippen molar-refractivity contribution in [2.75, 3.05) is 18.0 Å². The number of hydrogen-bond donors (Lipinski definition) is 1. The van der Waals surface area contributed by atoms with Gasteiger partial charge in [-0.15, -0.1) is 0 Å². The van der Waals surface area contributed by atoms with Crippen molar-refractivity contribution >= 4 is 22.7 Å². The molecule has 3 aromatic rings. The van der Waals surface area contributed by atoms with E-state index < -0.39 is 5.97 Å². The zero-order valence-electron chi connectivity index (χ0n) is 14.9. The Balaban J connectivity index is 1.63. The zero-order valence-corrected chi connectivity index (χ0v) is 14.9. The number of pyridine rings is 1. The monoisotopic (exact) mass is 360 g/mol. The van der Waals surface area contributed by atoms with E-state index in [0.29, 0.717) is 12.4 Å². The number of carboxylic acid groups (broad SMARTS) is 1. The molecule has 0 radical (unpaired) electrons. The number of benzene rings is 1. The first-order chi connectivity index (χ1) is 13.2. The normalized spacial score (nSPS) is 20.7. The summed E-state index contributed by atoms with van der Waals surface area (Å²) < 4.78 is 0. The van der Waals surface area contributed by atoms with Crippen molar-refractivity contribution in [3.63, 3.8) is 0 Å². The molecule has 3 heterocycles. The van der Waals surface area contributed by atoms with Gasteiger partial charge >= 0.3 is 5.97 Å². The third-order valence-electron chi connectivity index (χ3n) is 6.12. The summed E-state index contributed by atoms with van der Waals surface area (Å²) in [7, 11) is 0. The van der Waals surface area contributed by atoms with Gasteiger partial charge in [0, 0.05) is 41.8 Å². The molecular formula is C21H20N4O2. The van der Waals surface area contributed by atoms with E-state index in [4.69, 9.17) is 9.97 Å². The van der Waals surface area contributed by atoms with E-state index in [1.54, 1.807) is 12.4 Å². The lowest BCUT2D eigenvalue weighted by molar-refractivity contribution is -0.146. The average Bonchev–Trinajstić information content (AvgIpc) is 3.09. The van der Waals surface area contributed by atoms with E-state index in [-0.39, 0.29) is 11.3 Å². The van der Waals surface area contributed by atoms with Gasteiger partial charge in [0.2, 0.25) is 0 Å². The molecular weight excluding hydrogens is 340 g/mol. The van der Waals surface area contributed by atoms with Gasteiger partial charge in [0.15, 0.2) is 5.82 Å². The Hall–Kier alpha value is -3.02. The van der Waals surface area contributed by atoms with Gasteiger partial charge in [-0.25, -0.2) is 9.97 Å². The lowest BCUT2D eigenvalue weighted by atomic mass is 9.63. The van der Waals surface area contributed by atoms with Crippen LogP contribution in [-0.4, -0.2) is 39.1 Å². The van der Waals surface area contributed by atoms with Gasteiger partial charge in [-0.3, -0.25) is 9.78 Å². The molecule has 0 bridgehead atoms. The molecule has 2 fully saturated rings. The van der Waals surface area contributed by atoms with Crippen LogP contribution in [-0.2, 0) is 4.79 Å². The number of carboxylic acids is 1. The molecule has 2 aromatic heterocycles. The molecule has 5 rings (SSSR count). The maximum Gasteiger partial charge on any atom is 0.308 e. The fourth-order valence-corrected chi connectivity index (χ4v) is 4.54. The van der Waals surface area contributed by atoms with Crippen molar-refractivity contribution in [2.24, 2.45) is 11.3 Å². The third-order valence-corrected chi connectivity index (χ3v) is 6.12. The highest BCUT2D eigenvalue weighted by Gasteiger charge is 2.54. The number of hydrogen-bond acceptors (Lipinski definition) is 5. The van der Waals surface area contributed by atoms with Crippen LogP contribution in [0.2, 0.25) is 0 Å². The number of para-hydroxylation sites is 1. The molecule has 1 unspecified atom stereocenters. The van der Waals surface area contributed by atoms with Crippen LogP contribution in [0, 0.1) is 11.3 Å². The minimum atomic E-state index is -0.690. The second-order valence-electron chi connectivity index (χ2n) is 7.61. The molecule has 1 N–H and O–H groups in total. The maximum atomic E-state index is 11.9. The number of fused-ring (bicyclic) bond motifs is 1. The van der Waals surface area contributed by atoms with Gasteiger partial charge in [0.1, 0.15) is 5.82 Å². The van der Waals surface area contributed by atoms with Gasteiger partial charge in [-0.2, -0.15) is 0 Å². The molecule has 0 amide bonds. The van der Waals surface area contributed by atoms with Crippen LogP contribution >= 0.6 is 0 Å². The summed E-state index contributed by atoms with van der Waals surface area (Å²) in [6.45, 7) is 1.26. The Morgan fingerprint density at radius 3 is 2.56 bits per heavy atom. The van der Waals surface area contributed by atoms with Crippen molar-refractivity contribution in [1.82, 2.24) is 15.0 Å². The fraction of sp³-hybridized carbons (Fsp3) is 0.333. The second-order valence-corrected chi connectivity index (χ2v) is 7.61. The minimum Gasteiger partial charge on any atom is -0.481 e. The van der Waals surface area contributed by atoms with Crippen LogP contribution in [0.3, 0.4) is 0 Å². The van der Waals surface area contributed by atoms with E-state index in [2.05, 4.69) is 9.88 Å². The van der Waals surface area contributed by atoms with E-state index in [1.807, 2.05) is 36.4 Å². The Morgan fingerprint density at radius 1 is 1.11 bits per heavy atom. The molecule has 136 valence electrons. The van der Waals surface area contributed by atoms with Crippen LogP contribution in [0.25, 0.3) is 22.3 Å². The van der Waals surface area contributed by atoms with Crippen LogP contribution in [0.5, 0.6) is 0 Å². The van der Waals surface area contributed by atoms with Gasteiger partial charge in [-0.1, -0.05) is 18.6 Å². The number of nitrogens with zero attached hydrogens (tertiary/aromatic N) is 4. The number of anilines is 1.